The Morgan fingerprint density at radius 1 is 1.16 bits per heavy atom. The summed E-state index contributed by atoms with van der Waals surface area (Å²) < 4.78 is 5.60. The minimum absolute atomic E-state index is 0.0632. The first-order chi connectivity index (χ1) is 9.04. The third-order valence-electron chi connectivity index (χ3n) is 3.29. The van der Waals surface area contributed by atoms with Gasteiger partial charge >= 0.3 is 0 Å². The number of benzene rings is 1. The molecule has 1 rings (SSSR count). The van der Waals surface area contributed by atoms with Gasteiger partial charge in [0.1, 0.15) is 12.4 Å². The highest BCUT2D eigenvalue weighted by Crippen LogP contribution is 2.28. The molecule has 2 nitrogen and oxygen atoms in total. The van der Waals surface area contributed by atoms with Gasteiger partial charge in [0.05, 0.1) is 6.61 Å². The smallest absolute Gasteiger partial charge is 0.122 e. The van der Waals surface area contributed by atoms with E-state index in [2.05, 4.69) is 45.9 Å². The van der Waals surface area contributed by atoms with Gasteiger partial charge in [0.15, 0.2) is 0 Å². The fourth-order valence-electron chi connectivity index (χ4n) is 2.21. The first-order valence-corrected chi connectivity index (χ1v) is 7.41. The SMILES string of the molecule is CC(C)CCCc1ccc(OCCO)c(C(C)C)c1. The second-order valence-corrected chi connectivity index (χ2v) is 5.89. The van der Waals surface area contributed by atoms with Crippen LogP contribution in [-0.4, -0.2) is 18.3 Å². The summed E-state index contributed by atoms with van der Waals surface area (Å²) in [4.78, 5) is 0. The maximum Gasteiger partial charge on any atom is 0.122 e. The third kappa shape index (κ3) is 5.65. The van der Waals surface area contributed by atoms with Crippen LogP contribution < -0.4 is 4.74 Å². The lowest BCUT2D eigenvalue weighted by Crippen LogP contribution is -2.05. The molecule has 2 heteroatoms. The highest BCUT2D eigenvalue weighted by atomic mass is 16.5. The Labute approximate surface area is 117 Å². The van der Waals surface area contributed by atoms with Gasteiger partial charge in [-0.3, -0.25) is 0 Å². The van der Waals surface area contributed by atoms with E-state index < -0.39 is 0 Å². The van der Waals surface area contributed by atoms with Crippen LogP contribution in [-0.2, 0) is 6.42 Å². The van der Waals surface area contributed by atoms with Gasteiger partial charge in [0, 0.05) is 0 Å². The number of rotatable bonds is 8. The van der Waals surface area contributed by atoms with Crippen LogP contribution in [0.1, 0.15) is 57.6 Å². The summed E-state index contributed by atoms with van der Waals surface area (Å²) in [5.74, 6) is 2.13. The predicted octanol–water partition coefficient (Wildman–Crippen LogP) is 4.16. The largest absolute Gasteiger partial charge is 0.491 e. The molecule has 0 radical (unpaired) electrons. The number of aliphatic hydroxyl groups is 1. The van der Waals surface area contributed by atoms with Gasteiger partial charge in [-0.2, -0.15) is 0 Å². The van der Waals surface area contributed by atoms with Crippen molar-refractivity contribution < 1.29 is 9.84 Å². The second-order valence-electron chi connectivity index (χ2n) is 5.89. The van der Waals surface area contributed by atoms with E-state index in [4.69, 9.17) is 9.84 Å². The topological polar surface area (TPSA) is 29.5 Å². The van der Waals surface area contributed by atoms with Gasteiger partial charge < -0.3 is 9.84 Å². The van der Waals surface area contributed by atoms with Gasteiger partial charge in [0.2, 0.25) is 0 Å². The van der Waals surface area contributed by atoms with Crippen molar-refractivity contribution >= 4 is 0 Å². The lowest BCUT2D eigenvalue weighted by Gasteiger charge is -2.15. The number of ether oxygens (including phenoxy) is 1. The lowest BCUT2D eigenvalue weighted by atomic mass is 9.96. The van der Waals surface area contributed by atoms with Crippen LogP contribution in [0.2, 0.25) is 0 Å². The Kier molecular flexibility index (Phi) is 6.93. The van der Waals surface area contributed by atoms with Crippen molar-refractivity contribution in [2.75, 3.05) is 13.2 Å². The normalized spacial score (nSPS) is 11.3. The van der Waals surface area contributed by atoms with E-state index in [1.54, 1.807) is 0 Å². The van der Waals surface area contributed by atoms with E-state index in [1.165, 1.54) is 24.0 Å². The molecule has 0 aliphatic carbocycles. The molecule has 1 aromatic rings. The van der Waals surface area contributed by atoms with Crippen molar-refractivity contribution in [3.05, 3.63) is 29.3 Å². The quantitative estimate of drug-likeness (QED) is 0.764. The summed E-state index contributed by atoms with van der Waals surface area (Å²) in [6.07, 6.45) is 3.66. The standard InChI is InChI=1S/C17H28O2/c1-13(2)6-5-7-15-8-9-17(19-11-10-18)16(12-15)14(3)4/h8-9,12-14,18H,5-7,10-11H2,1-4H3. The zero-order valence-corrected chi connectivity index (χ0v) is 12.8. The minimum atomic E-state index is 0.0632. The molecule has 1 aromatic carbocycles. The lowest BCUT2D eigenvalue weighted by molar-refractivity contribution is 0.200. The zero-order valence-electron chi connectivity index (χ0n) is 12.8. The average Bonchev–Trinajstić information content (AvgIpc) is 2.36. The summed E-state index contributed by atoms with van der Waals surface area (Å²) in [6, 6.07) is 6.46. The Morgan fingerprint density at radius 2 is 1.89 bits per heavy atom. The summed E-state index contributed by atoms with van der Waals surface area (Å²) in [5, 5.41) is 8.85. The van der Waals surface area contributed by atoms with Gasteiger partial charge in [-0.15, -0.1) is 0 Å². The van der Waals surface area contributed by atoms with Crippen molar-refractivity contribution in [1.82, 2.24) is 0 Å². The molecule has 0 heterocycles. The first-order valence-electron chi connectivity index (χ1n) is 7.41. The summed E-state index contributed by atoms with van der Waals surface area (Å²) in [6.45, 7) is 9.33. The molecule has 0 aromatic heterocycles. The monoisotopic (exact) mass is 264 g/mol. The minimum Gasteiger partial charge on any atom is -0.491 e. The van der Waals surface area contributed by atoms with Crippen LogP contribution in [0.15, 0.2) is 18.2 Å². The molecule has 1 N–H and O–H groups in total. The number of aryl methyl sites for hydroxylation is 1. The van der Waals surface area contributed by atoms with E-state index in [9.17, 15) is 0 Å². The summed E-state index contributed by atoms with van der Waals surface area (Å²) >= 11 is 0. The summed E-state index contributed by atoms with van der Waals surface area (Å²) in [5.41, 5.74) is 2.64. The van der Waals surface area contributed by atoms with Gasteiger partial charge in [-0.1, -0.05) is 46.2 Å². The predicted molar refractivity (Wildman–Crippen MR) is 80.9 cm³/mol. The van der Waals surface area contributed by atoms with Crippen LogP contribution in [0.3, 0.4) is 0 Å². The first kappa shape index (κ1) is 16.0. The van der Waals surface area contributed by atoms with Crippen molar-refractivity contribution in [2.24, 2.45) is 5.92 Å². The number of hydrogen-bond donors (Lipinski definition) is 1. The maximum absolute atomic E-state index is 8.85. The van der Waals surface area contributed by atoms with Gasteiger partial charge in [0.25, 0.3) is 0 Å². The Morgan fingerprint density at radius 3 is 2.47 bits per heavy atom. The molecule has 0 saturated heterocycles. The van der Waals surface area contributed by atoms with Gasteiger partial charge in [-0.05, 0) is 41.9 Å². The van der Waals surface area contributed by atoms with E-state index in [-0.39, 0.29) is 6.61 Å². The van der Waals surface area contributed by atoms with Crippen LogP contribution >= 0.6 is 0 Å². The van der Waals surface area contributed by atoms with Crippen molar-refractivity contribution in [2.45, 2.75) is 52.9 Å². The van der Waals surface area contributed by atoms with Gasteiger partial charge in [-0.25, -0.2) is 0 Å². The molecule has 0 aliphatic rings. The van der Waals surface area contributed by atoms with Crippen LogP contribution in [0, 0.1) is 5.92 Å². The fraction of sp³-hybridized carbons (Fsp3) is 0.647. The van der Waals surface area contributed by atoms with E-state index in [1.807, 2.05) is 0 Å². The van der Waals surface area contributed by atoms with E-state index in [0.29, 0.717) is 12.5 Å². The maximum atomic E-state index is 8.85. The molecule has 0 unspecified atom stereocenters. The zero-order chi connectivity index (χ0) is 14.3. The Bertz CT molecular complexity index is 370. The van der Waals surface area contributed by atoms with Crippen molar-refractivity contribution in [1.29, 1.82) is 0 Å². The molecule has 0 atom stereocenters. The molecule has 0 fully saturated rings. The molecule has 0 spiro atoms. The van der Waals surface area contributed by atoms with E-state index >= 15 is 0 Å². The highest BCUT2D eigenvalue weighted by Gasteiger charge is 2.09. The molecular weight excluding hydrogens is 236 g/mol. The fourth-order valence-corrected chi connectivity index (χ4v) is 2.21. The Balaban J connectivity index is 2.72. The van der Waals surface area contributed by atoms with Crippen molar-refractivity contribution in [3.8, 4) is 5.75 Å². The third-order valence-corrected chi connectivity index (χ3v) is 3.29. The number of hydrogen-bond acceptors (Lipinski definition) is 2. The van der Waals surface area contributed by atoms with Crippen molar-refractivity contribution in [3.63, 3.8) is 0 Å². The molecule has 0 amide bonds. The molecule has 108 valence electrons. The molecule has 19 heavy (non-hydrogen) atoms. The molecular formula is C17H28O2. The van der Waals surface area contributed by atoms with Crippen LogP contribution in [0.4, 0.5) is 0 Å². The number of aliphatic hydroxyl groups excluding tert-OH is 1. The second kappa shape index (κ2) is 8.21. The van der Waals surface area contributed by atoms with Crippen LogP contribution in [0.5, 0.6) is 5.75 Å². The average molecular weight is 264 g/mol. The molecule has 0 saturated carbocycles. The molecule has 0 aliphatic heterocycles. The highest BCUT2D eigenvalue weighted by molar-refractivity contribution is 5.39. The van der Waals surface area contributed by atoms with E-state index in [0.717, 1.165) is 18.1 Å². The summed E-state index contributed by atoms with van der Waals surface area (Å²) in [7, 11) is 0. The Hall–Kier alpha value is -1.02. The van der Waals surface area contributed by atoms with Crippen LogP contribution in [0.25, 0.3) is 0 Å². The molecule has 0 bridgehead atoms.